The van der Waals surface area contributed by atoms with Crippen molar-refractivity contribution in [2.45, 2.75) is 13.5 Å². The predicted octanol–water partition coefficient (Wildman–Crippen LogP) is 3.39. The number of aryl methyl sites for hydroxylation is 1. The SMILES string of the molecule is COc1ccc(CNC(=O)CNc2ccc(C)c(Cl)c2)cc1OC. The molecule has 24 heavy (non-hydrogen) atoms. The molecule has 0 aliphatic carbocycles. The zero-order valence-corrected chi connectivity index (χ0v) is 14.7. The number of ether oxygens (including phenoxy) is 2. The van der Waals surface area contributed by atoms with Crippen molar-refractivity contribution in [3.8, 4) is 11.5 Å². The molecule has 6 heteroatoms. The molecule has 0 atom stereocenters. The number of methoxy groups -OCH3 is 2. The van der Waals surface area contributed by atoms with Gasteiger partial charge in [-0.25, -0.2) is 0 Å². The van der Waals surface area contributed by atoms with Gasteiger partial charge in [0.25, 0.3) is 0 Å². The molecule has 0 saturated heterocycles. The van der Waals surface area contributed by atoms with Gasteiger partial charge in [0.1, 0.15) is 0 Å². The van der Waals surface area contributed by atoms with Crippen molar-refractivity contribution in [1.29, 1.82) is 0 Å². The van der Waals surface area contributed by atoms with Crippen LogP contribution < -0.4 is 20.1 Å². The van der Waals surface area contributed by atoms with Gasteiger partial charge in [-0.1, -0.05) is 23.7 Å². The minimum Gasteiger partial charge on any atom is -0.493 e. The zero-order valence-electron chi connectivity index (χ0n) is 14.0. The Kier molecular flexibility index (Phi) is 6.32. The second kappa shape index (κ2) is 8.45. The Morgan fingerprint density at radius 1 is 1.08 bits per heavy atom. The second-order valence-corrected chi connectivity index (χ2v) is 5.69. The molecule has 0 aliphatic rings. The maximum Gasteiger partial charge on any atom is 0.239 e. The van der Waals surface area contributed by atoms with Crippen molar-refractivity contribution in [2.24, 2.45) is 0 Å². The first-order valence-corrected chi connectivity index (χ1v) is 7.89. The Balaban J connectivity index is 1.85. The third-order valence-electron chi connectivity index (χ3n) is 3.56. The van der Waals surface area contributed by atoms with E-state index in [0.29, 0.717) is 23.1 Å². The fourth-order valence-corrected chi connectivity index (χ4v) is 2.32. The van der Waals surface area contributed by atoms with Gasteiger partial charge in [-0.2, -0.15) is 0 Å². The van der Waals surface area contributed by atoms with E-state index in [1.807, 2.05) is 37.3 Å². The highest BCUT2D eigenvalue weighted by molar-refractivity contribution is 6.31. The second-order valence-electron chi connectivity index (χ2n) is 5.28. The van der Waals surface area contributed by atoms with Crippen LogP contribution >= 0.6 is 11.6 Å². The third kappa shape index (κ3) is 4.80. The van der Waals surface area contributed by atoms with Crippen molar-refractivity contribution < 1.29 is 14.3 Å². The summed E-state index contributed by atoms with van der Waals surface area (Å²) in [4.78, 5) is 12.0. The number of nitrogens with one attached hydrogen (secondary N) is 2. The quantitative estimate of drug-likeness (QED) is 0.805. The Bertz CT molecular complexity index is 719. The number of anilines is 1. The molecule has 128 valence electrons. The number of hydrogen-bond donors (Lipinski definition) is 2. The lowest BCUT2D eigenvalue weighted by Crippen LogP contribution is -2.29. The molecule has 5 nitrogen and oxygen atoms in total. The number of halogens is 1. The van der Waals surface area contributed by atoms with Gasteiger partial charge in [-0.05, 0) is 42.3 Å². The molecule has 0 fully saturated rings. The first kappa shape index (κ1) is 17.9. The lowest BCUT2D eigenvalue weighted by molar-refractivity contribution is -0.119. The number of rotatable bonds is 7. The van der Waals surface area contributed by atoms with E-state index in [9.17, 15) is 4.79 Å². The summed E-state index contributed by atoms with van der Waals surface area (Å²) in [5, 5.41) is 6.57. The van der Waals surface area contributed by atoms with Gasteiger partial charge in [0.2, 0.25) is 5.91 Å². The van der Waals surface area contributed by atoms with E-state index in [2.05, 4.69) is 10.6 Å². The van der Waals surface area contributed by atoms with E-state index < -0.39 is 0 Å². The highest BCUT2D eigenvalue weighted by Gasteiger charge is 2.06. The number of carbonyl (C=O) groups is 1. The molecule has 0 unspecified atom stereocenters. The number of hydrogen-bond acceptors (Lipinski definition) is 4. The van der Waals surface area contributed by atoms with Crippen LogP contribution in [0.4, 0.5) is 5.69 Å². The fourth-order valence-electron chi connectivity index (χ4n) is 2.14. The molecule has 0 saturated carbocycles. The average molecular weight is 349 g/mol. The third-order valence-corrected chi connectivity index (χ3v) is 3.97. The summed E-state index contributed by atoms with van der Waals surface area (Å²) in [5.41, 5.74) is 2.74. The molecular formula is C18H21ClN2O3. The first-order valence-electron chi connectivity index (χ1n) is 7.51. The lowest BCUT2D eigenvalue weighted by Gasteiger charge is -2.11. The van der Waals surface area contributed by atoms with Crippen molar-refractivity contribution in [1.82, 2.24) is 5.32 Å². The normalized spacial score (nSPS) is 10.2. The van der Waals surface area contributed by atoms with Crippen LogP contribution in [0.1, 0.15) is 11.1 Å². The Morgan fingerprint density at radius 2 is 1.83 bits per heavy atom. The molecule has 2 rings (SSSR count). The highest BCUT2D eigenvalue weighted by atomic mass is 35.5. The van der Waals surface area contributed by atoms with Crippen LogP contribution in [0.5, 0.6) is 11.5 Å². The summed E-state index contributed by atoms with van der Waals surface area (Å²) in [5.74, 6) is 1.18. The zero-order chi connectivity index (χ0) is 17.5. The van der Waals surface area contributed by atoms with E-state index in [-0.39, 0.29) is 12.5 Å². The summed E-state index contributed by atoms with van der Waals surface area (Å²) in [7, 11) is 3.17. The maximum absolute atomic E-state index is 12.0. The van der Waals surface area contributed by atoms with Crippen LogP contribution in [-0.4, -0.2) is 26.7 Å². The molecule has 0 bridgehead atoms. The van der Waals surface area contributed by atoms with Gasteiger partial charge in [0, 0.05) is 17.3 Å². The smallest absolute Gasteiger partial charge is 0.239 e. The van der Waals surface area contributed by atoms with Crippen LogP contribution in [-0.2, 0) is 11.3 Å². The van der Waals surface area contributed by atoms with Crippen LogP contribution in [0.25, 0.3) is 0 Å². The molecule has 0 radical (unpaired) electrons. The first-order chi connectivity index (χ1) is 11.5. The minimum atomic E-state index is -0.110. The lowest BCUT2D eigenvalue weighted by atomic mass is 10.2. The van der Waals surface area contributed by atoms with Gasteiger partial charge in [-0.15, -0.1) is 0 Å². The summed E-state index contributed by atoms with van der Waals surface area (Å²) in [6.45, 7) is 2.52. The fraction of sp³-hybridized carbons (Fsp3) is 0.278. The average Bonchev–Trinajstić information content (AvgIpc) is 2.60. The summed E-state index contributed by atoms with van der Waals surface area (Å²) in [6.07, 6.45) is 0. The Hall–Kier alpha value is -2.40. The number of benzene rings is 2. The van der Waals surface area contributed by atoms with Crippen LogP contribution in [0.2, 0.25) is 5.02 Å². The number of carbonyl (C=O) groups excluding carboxylic acids is 1. The van der Waals surface area contributed by atoms with E-state index in [4.69, 9.17) is 21.1 Å². The molecule has 2 aromatic carbocycles. The monoisotopic (exact) mass is 348 g/mol. The van der Waals surface area contributed by atoms with E-state index in [0.717, 1.165) is 16.8 Å². The molecule has 0 aliphatic heterocycles. The van der Waals surface area contributed by atoms with Crippen LogP contribution in [0.3, 0.4) is 0 Å². The van der Waals surface area contributed by atoms with Gasteiger partial charge in [0.15, 0.2) is 11.5 Å². The Morgan fingerprint density at radius 3 is 2.50 bits per heavy atom. The van der Waals surface area contributed by atoms with E-state index in [1.54, 1.807) is 20.3 Å². The van der Waals surface area contributed by atoms with Gasteiger partial charge < -0.3 is 20.1 Å². The van der Waals surface area contributed by atoms with Crippen molar-refractivity contribution >= 4 is 23.2 Å². The molecule has 0 spiro atoms. The van der Waals surface area contributed by atoms with Crippen LogP contribution in [0, 0.1) is 6.92 Å². The molecule has 2 aromatic rings. The van der Waals surface area contributed by atoms with Gasteiger partial charge in [0.05, 0.1) is 20.8 Å². The summed E-state index contributed by atoms with van der Waals surface area (Å²) < 4.78 is 10.4. The predicted molar refractivity (Wildman–Crippen MR) is 96.1 cm³/mol. The summed E-state index contributed by atoms with van der Waals surface area (Å²) >= 11 is 6.06. The molecule has 2 N–H and O–H groups in total. The molecule has 0 heterocycles. The largest absolute Gasteiger partial charge is 0.493 e. The van der Waals surface area contributed by atoms with Crippen molar-refractivity contribution in [3.63, 3.8) is 0 Å². The van der Waals surface area contributed by atoms with Gasteiger partial charge in [-0.3, -0.25) is 4.79 Å². The van der Waals surface area contributed by atoms with Crippen LogP contribution in [0.15, 0.2) is 36.4 Å². The highest BCUT2D eigenvalue weighted by Crippen LogP contribution is 2.27. The van der Waals surface area contributed by atoms with E-state index >= 15 is 0 Å². The van der Waals surface area contributed by atoms with Crippen molar-refractivity contribution in [3.05, 3.63) is 52.5 Å². The number of amides is 1. The minimum absolute atomic E-state index is 0.110. The standard InChI is InChI=1S/C18H21ClN2O3/c1-12-4-6-14(9-15(12)19)20-11-18(22)21-10-13-5-7-16(23-2)17(8-13)24-3/h4-9,20H,10-11H2,1-3H3,(H,21,22). The maximum atomic E-state index is 12.0. The molecule has 0 aromatic heterocycles. The Labute approximate surface area is 146 Å². The molecular weight excluding hydrogens is 328 g/mol. The topological polar surface area (TPSA) is 59.6 Å². The van der Waals surface area contributed by atoms with E-state index in [1.165, 1.54) is 0 Å². The van der Waals surface area contributed by atoms with Gasteiger partial charge >= 0.3 is 0 Å². The van der Waals surface area contributed by atoms with Crippen molar-refractivity contribution in [2.75, 3.05) is 26.1 Å². The summed E-state index contributed by atoms with van der Waals surface area (Å²) in [6, 6.07) is 11.1. The molecule has 1 amide bonds.